The monoisotopic (exact) mass is 296 g/mol. The third-order valence-electron chi connectivity index (χ3n) is 3.18. The number of carbonyl (C=O) groups excluding carboxylic acids is 1. The molecule has 1 amide bonds. The fourth-order valence-electron chi connectivity index (χ4n) is 2.24. The van der Waals surface area contributed by atoms with E-state index in [1.54, 1.807) is 11.8 Å². The lowest BCUT2D eigenvalue weighted by atomic mass is 10.2. The minimum atomic E-state index is -0.446. The molecule has 1 fully saturated rings. The van der Waals surface area contributed by atoms with Crippen molar-refractivity contribution in [3.8, 4) is 0 Å². The van der Waals surface area contributed by atoms with Gasteiger partial charge < -0.3 is 19.5 Å². The van der Waals surface area contributed by atoms with Crippen molar-refractivity contribution >= 4 is 6.09 Å². The Morgan fingerprint density at radius 1 is 1.52 bits per heavy atom. The summed E-state index contributed by atoms with van der Waals surface area (Å²) in [7, 11) is 0. The number of nitrogens with zero attached hydrogens (tertiary/aromatic N) is 3. The molecule has 1 N–H and O–H groups in total. The van der Waals surface area contributed by atoms with Crippen molar-refractivity contribution in [1.82, 2.24) is 20.4 Å². The topological polar surface area (TPSA) is 80.5 Å². The predicted molar refractivity (Wildman–Crippen MR) is 77.0 cm³/mol. The lowest BCUT2D eigenvalue weighted by molar-refractivity contribution is 0.0291. The van der Waals surface area contributed by atoms with Crippen molar-refractivity contribution in [2.45, 2.75) is 52.2 Å². The first-order valence-electron chi connectivity index (χ1n) is 7.34. The van der Waals surface area contributed by atoms with E-state index in [-0.39, 0.29) is 6.09 Å². The maximum Gasteiger partial charge on any atom is 0.410 e. The number of ether oxygens (including phenoxy) is 1. The summed E-state index contributed by atoms with van der Waals surface area (Å²) in [6.07, 6.45) is 1.39. The van der Waals surface area contributed by atoms with Crippen LogP contribution in [0.1, 0.15) is 38.9 Å². The minimum Gasteiger partial charge on any atom is -0.444 e. The zero-order valence-corrected chi connectivity index (χ0v) is 13.2. The molecule has 21 heavy (non-hydrogen) atoms. The molecule has 1 saturated heterocycles. The molecule has 118 valence electrons. The second kappa shape index (κ2) is 6.43. The van der Waals surface area contributed by atoms with Crippen LogP contribution in [0.3, 0.4) is 0 Å². The van der Waals surface area contributed by atoms with Gasteiger partial charge in [0.25, 0.3) is 0 Å². The highest BCUT2D eigenvalue weighted by Crippen LogP contribution is 2.15. The van der Waals surface area contributed by atoms with Gasteiger partial charge in [-0.25, -0.2) is 4.79 Å². The van der Waals surface area contributed by atoms with Gasteiger partial charge in [0.15, 0.2) is 5.82 Å². The largest absolute Gasteiger partial charge is 0.444 e. The molecule has 0 saturated carbocycles. The van der Waals surface area contributed by atoms with Gasteiger partial charge in [0, 0.05) is 32.1 Å². The Morgan fingerprint density at radius 2 is 2.29 bits per heavy atom. The molecule has 7 heteroatoms. The van der Waals surface area contributed by atoms with Gasteiger partial charge in [-0.2, -0.15) is 4.98 Å². The first kappa shape index (κ1) is 15.8. The first-order chi connectivity index (χ1) is 9.83. The highest BCUT2D eigenvalue weighted by molar-refractivity contribution is 5.68. The van der Waals surface area contributed by atoms with Crippen LogP contribution in [0.25, 0.3) is 0 Å². The summed E-state index contributed by atoms with van der Waals surface area (Å²) in [4.78, 5) is 17.9. The molecule has 2 rings (SSSR count). The van der Waals surface area contributed by atoms with E-state index in [1.807, 2.05) is 20.8 Å². The second-order valence-corrected chi connectivity index (χ2v) is 6.35. The van der Waals surface area contributed by atoms with Gasteiger partial charge in [-0.1, -0.05) is 5.16 Å². The lowest BCUT2D eigenvalue weighted by Gasteiger charge is -2.24. The molecule has 0 aliphatic carbocycles. The third-order valence-corrected chi connectivity index (χ3v) is 3.18. The van der Waals surface area contributed by atoms with E-state index < -0.39 is 5.60 Å². The summed E-state index contributed by atoms with van der Waals surface area (Å²) in [6.45, 7) is 9.60. The number of likely N-dealkylation sites (tertiary alicyclic amines) is 1. The molecule has 1 unspecified atom stereocenters. The average molecular weight is 296 g/mol. The minimum absolute atomic E-state index is 0.237. The number of rotatable bonds is 4. The summed E-state index contributed by atoms with van der Waals surface area (Å²) < 4.78 is 10.4. The predicted octanol–water partition coefficient (Wildman–Crippen LogP) is 1.52. The molecule has 1 atom stereocenters. The lowest BCUT2D eigenvalue weighted by Crippen LogP contribution is -2.38. The van der Waals surface area contributed by atoms with E-state index in [1.165, 1.54) is 0 Å². The number of carbonyl (C=O) groups is 1. The Bertz CT molecular complexity index is 481. The molecular formula is C14H24N4O3. The molecule has 1 aliphatic heterocycles. The van der Waals surface area contributed by atoms with Gasteiger partial charge in [0.1, 0.15) is 5.60 Å². The molecular weight excluding hydrogens is 272 g/mol. The maximum absolute atomic E-state index is 11.9. The molecule has 0 spiro atoms. The first-order valence-corrected chi connectivity index (χ1v) is 7.34. The smallest absolute Gasteiger partial charge is 0.410 e. The van der Waals surface area contributed by atoms with E-state index in [9.17, 15) is 4.79 Å². The van der Waals surface area contributed by atoms with Crippen LogP contribution in [0, 0.1) is 6.92 Å². The Balaban J connectivity index is 1.69. The zero-order valence-electron chi connectivity index (χ0n) is 13.2. The fourth-order valence-corrected chi connectivity index (χ4v) is 2.24. The summed E-state index contributed by atoms with van der Waals surface area (Å²) >= 11 is 0. The third kappa shape index (κ3) is 5.00. The van der Waals surface area contributed by atoms with Crippen LogP contribution in [0.2, 0.25) is 0 Å². The normalized spacial score (nSPS) is 19.0. The van der Waals surface area contributed by atoms with Gasteiger partial charge in [-0.05, 0) is 34.1 Å². The quantitative estimate of drug-likeness (QED) is 0.907. The maximum atomic E-state index is 11.9. The number of aromatic nitrogens is 2. The summed E-state index contributed by atoms with van der Waals surface area (Å²) in [6, 6.07) is 0.293. The molecule has 7 nitrogen and oxygen atoms in total. The molecule has 1 aliphatic rings. The summed E-state index contributed by atoms with van der Waals surface area (Å²) in [5.74, 6) is 1.30. The Labute approximate surface area is 125 Å². The van der Waals surface area contributed by atoms with Crippen molar-refractivity contribution in [3.05, 3.63) is 11.7 Å². The van der Waals surface area contributed by atoms with Gasteiger partial charge in [0.05, 0.1) is 0 Å². The van der Waals surface area contributed by atoms with E-state index in [0.717, 1.165) is 19.5 Å². The van der Waals surface area contributed by atoms with Crippen molar-refractivity contribution in [1.29, 1.82) is 0 Å². The molecule has 1 aromatic heterocycles. The summed E-state index contributed by atoms with van der Waals surface area (Å²) in [5, 5.41) is 7.16. The number of hydrogen-bond acceptors (Lipinski definition) is 6. The Morgan fingerprint density at radius 3 is 2.90 bits per heavy atom. The van der Waals surface area contributed by atoms with Crippen molar-refractivity contribution < 1.29 is 14.1 Å². The van der Waals surface area contributed by atoms with Gasteiger partial charge in [0.2, 0.25) is 5.89 Å². The van der Waals surface area contributed by atoms with Crippen LogP contribution in [0.4, 0.5) is 4.79 Å². The number of amides is 1. The number of hydrogen-bond donors (Lipinski definition) is 1. The van der Waals surface area contributed by atoms with Crippen LogP contribution in [0.15, 0.2) is 4.52 Å². The van der Waals surface area contributed by atoms with Crippen LogP contribution < -0.4 is 5.32 Å². The van der Waals surface area contributed by atoms with E-state index in [4.69, 9.17) is 9.26 Å². The molecule has 0 aromatic carbocycles. The Kier molecular flexibility index (Phi) is 4.82. The molecule has 2 heterocycles. The number of nitrogens with one attached hydrogen (secondary N) is 1. The van der Waals surface area contributed by atoms with Crippen LogP contribution in [0.5, 0.6) is 0 Å². The fraction of sp³-hybridized carbons (Fsp3) is 0.786. The van der Waals surface area contributed by atoms with Gasteiger partial charge in [-0.3, -0.25) is 0 Å². The van der Waals surface area contributed by atoms with Crippen LogP contribution in [-0.4, -0.2) is 52.4 Å². The van der Waals surface area contributed by atoms with E-state index in [2.05, 4.69) is 15.5 Å². The Hall–Kier alpha value is -1.63. The van der Waals surface area contributed by atoms with Gasteiger partial charge >= 0.3 is 6.09 Å². The second-order valence-electron chi connectivity index (χ2n) is 6.35. The standard InChI is InChI=1S/C14H24N4O3/c1-10-16-12(21-17-10)5-7-15-11-6-8-18(9-11)13(19)20-14(2,3)4/h11,15H,5-9H2,1-4H3. The average Bonchev–Trinajstić information content (AvgIpc) is 2.97. The van der Waals surface area contributed by atoms with Crippen molar-refractivity contribution in [3.63, 3.8) is 0 Å². The van der Waals surface area contributed by atoms with Crippen molar-refractivity contribution in [2.75, 3.05) is 19.6 Å². The number of aryl methyl sites for hydroxylation is 1. The van der Waals surface area contributed by atoms with E-state index >= 15 is 0 Å². The highest BCUT2D eigenvalue weighted by Gasteiger charge is 2.29. The molecule has 0 radical (unpaired) electrons. The van der Waals surface area contributed by atoms with Crippen molar-refractivity contribution in [2.24, 2.45) is 0 Å². The zero-order chi connectivity index (χ0) is 15.5. The highest BCUT2D eigenvalue weighted by atomic mass is 16.6. The molecule has 1 aromatic rings. The summed E-state index contributed by atoms with van der Waals surface area (Å²) in [5.41, 5.74) is -0.446. The van der Waals surface area contributed by atoms with Crippen LogP contribution in [-0.2, 0) is 11.2 Å². The van der Waals surface area contributed by atoms with E-state index in [0.29, 0.717) is 30.7 Å². The molecule has 0 bridgehead atoms. The van der Waals surface area contributed by atoms with Gasteiger partial charge in [-0.15, -0.1) is 0 Å². The van der Waals surface area contributed by atoms with Crippen LogP contribution >= 0.6 is 0 Å². The SMILES string of the molecule is Cc1noc(CCNC2CCN(C(=O)OC(C)(C)C)C2)n1.